The number of hydrogen-bond acceptors (Lipinski definition) is 10. The summed E-state index contributed by atoms with van der Waals surface area (Å²) in [5, 5.41) is 17.5. The van der Waals surface area contributed by atoms with Crippen molar-refractivity contribution in [2.75, 3.05) is 11.9 Å². The SMILES string of the molecule is CC(C)C(=O)Nc1nc2c(ncn2[C@@H]2O[C@H](CO)C(O[Si](C)(C)C(C)(C)C)C2OS(N)(=O)=O)c(=O)[nH]1. The number of aliphatic hydroxyl groups excluding tert-OH is 1. The van der Waals surface area contributed by atoms with Gasteiger partial charge in [0.15, 0.2) is 31.8 Å². The molecule has 3 rings (SSSR count). The maximum atomic E-state index is 12.6. The van der Waals surface area contributed by atoms with Crippen molar-refractivity contribution >= 4 is 41.6 Å². The molecule has 202 valence electrons. The summed E-state index contributed by atoms with van der Waals surface area (Å²) in [5.41, 5.74) is -0.715. The second-order valence-electron chi connectivity index (χ2n) is 10.5. The molecule has 4 atom stereocenters. The summed E-state index contributed by atoms with van der Waals surface area (Å²) < 4.78 is 42.9. The van der Waals surface area contributed by atoms with Crippen LogP contribution in [0.25, 0.3) is 11.2 Å². The molecule has 1 fully saturated rings. The van der Waals surface area contributed by atoms with E-state index in [0.717, 1.165) is 0 Å². The average Bonchev–Trinajstić information content (AvgIpc) is 3.27. The second kappa shape index (κ2) is 9.92. The summed E-state index contributed by atoms with van der Waals surface area (Å²) in [6, 6.07) is 0. The number of aliphatic hydroxyl groups is 1. The van der Waals surface area contributed by atoms with Gasteiger partial charge in [-0.25, -0.2) is 14.3 Å². The maximum Gasteiger partial charge on any atom is 0.333 e. The van der Waals surface area contributed by atoms with Crippen molar-refractivity contribution in [1.82, 2.24) is 19.5 Å². The fourth-order valence-corrected chi connectivity index (χ4v) is 5.26. The summed E-state index contributed by atoms with van der Waals surface area (Å²) in [5.74, 6) is -0.873. The van der Waals surface area contributed by atoms with E-state index < -0.39 is 55.3 Å². The van der Waals surface area contributed by atoms with Crippen molar-refractivity contribution in [3.8, 4) is 0 Å². The Hall–Kier alpha value is -2.21. The topological polar surface area (TPSA) is 201 Å². The zero-order valence-electron chi connectivity index (χ0n) is 21.3. The maximum absolute atomic E-state index is 12.6. The summed E-state index contributed by atoms with van der Waals surface area (Å²) >= 11 is 0. The first-order chi connectivity index (χ1) is 16.4. The Morgan fingerprint density at radius 2 is 2.00 bits per heavy atom. The predicted molar refractivity (Wildman–Crippen MR) is 133 cm³/mol. The minimum absolute atomic E-state index is 0.00417. The van der Waals surface area contributed by atoms with Crippen LogP contribution in [0, 0.1) is 5.92 Å². The summed E-state index contributed by atoms with van der Waals surface area (Å²) in [4.78, 5) is 35.5. The number of nitrogens with zero attached hydrogens (tertiary/aromatic N) is 3. The van der Waals surface area contributed by atoms with Crippen molar-refractivity contribution in [1.29, 1.82) is 0 Å². The Labute approximate surface area is 209 Å². The number of imidazole rings is 1. The number of ether oxygens (including phenoxy) is 1. The van der Waals surface area contributed by atoms with E-state index in [4.69, 9.17) is 18.5 Å². The van der Waals surface area contributed by atoms with E-state index in [1.54, 1.807) is 13.8 Å². The largest absolute Gasteiger partial charge is 0.408 e. The number of nitrogens with one attached hydrogen (secondary N) is 2. The minimum atomic E-state index is -4.49. The van der Waals surface area contributed by atoms with Gasteiger partial charge in [-0.05, 0) is 18.1 Å². The third-order valence-corrected chi connectivity index (χ3v) is 11.4. The number of hydrogen-bond donors (Lipinski definition) is 4. The molecule has 0 bridgehead atoms. The number of aromatic nitrogens is 4. The molecule has 0 radical (unpaired) electrons. The van der Waals surface area contributed by atoms with E-state index in [-0.39, 0.29) is 34.0 Å². The normalized spacial score (nSPS) is 23.5. The number of amides is 1. The van der Waals surface area contributed by atoms with Gasteiger partial charge >= 0.3 is 10.3 Å². The standard InChI is InChI=1S/C20H34N6O8SSi/c1-10(2)16(28)24-19-23-15-12(17(29)25-19)22-9-26(15)18-14(33-35(21,30)31)13(11(8-27)32-18)34-36(6,7)20(3,4)5/h9-11,13-14,18,27H,8H2,1-7H3,(H2,21,30,31)(H2,23,24,25,28,29)/t11-,13?,14?,18-/m1/s1. The van der Waals surface area contributed by atoms with Gasteiger partial charge in [0.2, 0.25) is 11.9 Å². The van der Waals surface area contributed by atoms with Crippen molar-refractivity contribution in [3.05, 3.63) is 16.7 Å². The molecule has 2 unspecified atom stereocenters. The first-order valence-corrected chi connectivity index (χ1v) is 15.8. The first-order valence-electron chi connectivity index (χ1n) is 11.4. The molecule has 0 aliphatic carbocycles. The van der Waals surface area contributed by atoms with E-state index in [0.29, 0.717) is 0 Å². The number of nitrogens with two attached hydrogens (primary N) is 1. The number of carbonyl (C=O) groups excluding carboxylic acids is 1. The molecule has 1 saturated heterocycles. The average molecular weight is 547 g/mol. The van der Waals surface area contributed by atoms with Crippen LogP contribution in [0.15, 0.2) is 11.1 Å². The second-order valence-corrected chi connectivity index (χ2v) is 16.5. The van der Waals surface area contributed by atoms with E-state index in [9.17, 15) is 23.1 Å². The monoisotopic (exact) mass is 546 g/mol. The van der Waals surface area contributed by atoms with Crippen LogP contribution in [0.2, 0.25) is 18.1 Å². The van der Waals surface area contributed by atoms with Gasteiger partial charge in [-0.3, -0.25) is 24.5 Å². The van der Waals surface area contributed by atoms with E-state index in [1.165, 1.54) is 10.9 Å². The summed E-state index contributed by atoms with van der Waals surface area (Å²) in [7, 11) is -7.00. The molecule has 5 N–H and O–H groups in total. The fourth-order valence-electron chi connectivity index (χ4n) is 3.43. The van der Waals surface area contributed by atoms with E-state index in [2.05, 4.69) is 20.3 Å². The summed E-state index contributed by atoms with van der Waals surface area (Å²) in [6.45, 7) is 12.8. The van der Waals surface area contributed by atoms with Crippen molar-refractivity contribution in [2.45, 2.75) is 77.3 Å². The molecular weight excluding hydrogens is 512 g/mol. The molecular formula is C20H34N6O8SSi. The molecule has 2 aromatic rings. The van der Waals surface area contributed by atoms with Crippen LogP contribution in [-0.4, -0.2) is 72.2 Å². The highest BCUT2D eigenvalue weighted by atomic mass is 32.2. The lowest BCUT2D eigenvalue weighted by molar-refractivity contribution is -0.118. The molecule has 3 heterocycles. The van der Waals surface area contributed by atoms with Gasteiger partial charge in [-0.1, -0.05) is 34.6 Å². The zero-order chi connectivity index (χ0) is 27.2. The molecule has 2 aromatic heterocycles. The number of rotatable bonds is 8. The first kappa shape index (κ1) is 28.4. The lowest BCUT2D eigenvalue weighted by atomic mass is 10.1. The van der Waals surface area contributed by atoms with Gasteiger partial charge in [-0.2, -0.15) is 13.4 Å². The zero-order valence-corrected chi connectivity index (χ0v) is 23.1. The van der Waals surface area contributed by atoms with Crippen LogP contribution in [0.5, 0.6) is 0 Å². The highest BCUT2D eigenvalue weighted by Gasteiger charge is 2.53. The minimum Gasteiger partial charge on any atom is -0.408 e. The highest BCUT2D eigenvalue weighted by Crippen LogP contribution is 2.42. The van der Waals surface area contributed by atoms with Crippen molar-refractivity contribution in [3.63, 3.8) is 0 Å². The van der Waals surface area contributed by atoms with Crippen LogP contribution in [0.1, 0.15) is 40.8 Å². The highest BCUT2D eigenvalue weighted by molar-refractivity contribution is 7.84. The molecule has 1 amide bonds. The van der Waals surface area contributed by atoms with Gasteiger partial charge in [-0.15, -0.1) is 0 Å². The third-order valence-electron chi connectivity index (χ3n) is 6.42. The molecule has 0 spiro atoms. The van der Waals surface area contributed by atoms with Gasteiger partial charge in [0, 0.05) is 5.92 Å². The Kier molecular flexibility index (Phi) is 7.82. The number of aromatic amines is 1. The fraction of sp³-hybridized carbons (Fsp3) is 0.700. The Balaban J connectivity index is 2.11. The number of fused-ring (bicyclic) bond motifs is 1. The van der Waals surface area contributed by atoms with Crippen LogP contribution in [0.3, 0.4) is 0 Å². The van der Waals surface area contributed by atoms with Gasteiger partial charge in [0.25, 0.3) is 5.56 Å². The molecule has 1 aliphatic rings. The molecule has 16 heteroatoms. The van der Waals surface area contributed by atoms with Gasteiger partial charge < -0.3 is 14.3 Å². The number of anilines is 1. The number of H-pyrrole nitrogens is 1. The summed E-state index contributed by atoms with van der Waals surface area (Å²) in [6.07, 6.45) is -3.33. The van der Waals surface area contributed by atoms with E-state index in [1.807, 2.05) is 33.9 Å². The predicted octanol–water partition coefficient (Wildman–Crippen LogP) is 0.583. The smallest absolute Gasteiger partial charge is 0.333 e. The quantitative estimate of drug-likeness (QED) is 0.339. The Bertz CT molecular complexity index is 1290. The van der Waals surface area contributed by atoms with Crippen LogP contribution >= 0.6 is 0 Å². The van der Waals surface area contributed by atoms with Crippen LogP contribution in [-0.2, 0) is 28.4 Å². The lowest BCUT2D eigenvalue weighted by Crippen LogP contribution is -2.50. The van der Waals surface area contributed by atoms with Gasteiger partial charge in [0.1, 0.15) is 12.2 Å². The molecule has 14 nitrogen and oxygen atoms in total. The van der Waals surface area contributed by atoms with Crippen LogP contribution in [0.4, 0.5) is 5.95 Å². The molecule has 0 aromatic carbocycles. The van der Waals surface area contributed by atoms with Crippen molar-refractivity contribution < 1.29 is 31.7 Å². The van der Waals surface area contributed by atoms with Crippen molar-refractivity contribution in [2.24, 2.45) is 11.1 Å². The van der Waals surface area contributed by atoms with Crippen LogP contribution < -0.4 is 16.0 Å². The third kappa shape index (κ3) is 5.85. The number of carbonyl (C=O) groups is 1. The van der Waals surface area contributed by atoms with E-state index >= 15 is 0 Å². The van der Waals surface area contributed by atoms with Gasteiger partial charge in [0.05, 0.1) is 12.9 Å². The molecule has 1 aliphatic heterocycles. The Morgan fingerprint density at radius 1 is 1.36 bits per heavy atom. The molecule has 36 heavy (non-hydrogen) atoms. The molecule has 0 saturated carbocycles. The lowest BCUT2D eigenvalue weighted by Gasteiger charge is -2.40. The Morgan fingerprint density at radius 3 is 2.53 bits per heavy atom.